The van der Waals surface area contributed by atoms with E-state index >= 15 is 0 Å². The molecule has 126 valence electrons. The zero-order chi connectivity index (χ0) is 17.2. The van der Waals surface area contributed by atoms with Crippen LogP contribution in [-0.4, -0.2) is 30.9 Å². The minimum absolute atomic E-state index is 0.0906. The number of nitrogens with zero attached hydrogens (tertiary/aromatic N) is 1. The third-order valence-electron chi connectivity index (χ3n) is 3.62. The molecule has 0 aliphatic carbocycles. The zero-order valence-electron chi connectivity index (χ0n) is 12.6. The second kappa shape index (κ2) is 6.57. The van der Waals surface area contributed by atoms with E-state index in [9.17, 15) is 22.8 Å². The van der Waals surface area contributed by atoms with E-state index in [1.54, 1.807) is 6.92 Å². The number of rotatable bonds is 4. The van der Waals surface area contributed by atoms with Gasteiger partial charge in [0.15, 0.2) is 0 Å². The number of carbonyl (C=O) groups excluding carboxylic acids is 2. The molecular formula is C15H18F3N3O2. The Bertz CT molecular complexity index is 616. The number of hydrogen-bond acceptors (Lipinski definition) is 3. The van der Waals surface area contributed by atoms with Gasteiger partial charge in [0.1, 0.15) is 0 Å². The van der Waals surface area contributed by atoms with Crippen LogP contribution in [0.5, 0.6) is 0 Å². The number of carbonyl (C=O) groups is 2. The molecule has 0 saturated carbocycles. The summed E-state index contributed by atoms with van der Waals surface area (Å²) in [7, 11) is 0. The third kappa shape index (κ3) is 4.01. The van der Waals surface area contributed by atoms with Crippen LogP contribution in [0.1, 0.15) is 35.7 Å². The minimum Gasteiger partial charge on any atom is -0.348 e. The predicted octanol–water partition coefficient (Wildman–Crippen LogP) is 1.91. The van der Waals surface area contributed by atoms with E-state index in [0.717, 1.165) is 12.1 Å². The van der Waals surface area contributed by atoms with Crippen LogP contribution in [0.4, 0.5) is 18.9 Å². The molecule has 2 amide bonds. The molecule has 2 rings (SSSR count). The van der Waals surface area contributed by atoms with E-state index in [1.807, 2.05) is 0 Å². The highest BCUT2D eigenvalue weighted by atomic mass is 19.4. The normalized spacial score (nSPS) is 16.6. The predicted molar refractivity (Wildman–Crippen MR) is 79.0 cm³/mol. The van der Waals surface area contributed by atoms with Crippen LogP contribution in [0.2, 0.25) is 0 Å². The van der Waals surface area contributed by atoms with Gasteiger partial charge in [-0.1, -0.05) is 0 Å². The van der Waals surface area contributed by atoms with Crippen LogP contribution in [0.3, 0.4) is 0 Å². The molecule has 0 radical (unpaired) electrons. The van der Waals surface area contributed by atoms with Gasteiger partial charge in [0, 0.05) is 36.8 Å². The lowest BCUT2D eigenvalue weighted by molar-refractivity contribution is -0.137. The lowest BCUT2D eigenvalue weighted by atomic mass is 10.1. The van der Waals surface area contributed by atoms with Gasteiger partial charge in [-0.05, 0) is 31.5 Å². The van der Waals surface area contributed by atoms with Crippen molar-refractivity contribution < 1.29 is 22.8 Å². The summed E-state index contributed by atoms with van der Waals surface area (Å²) in [5.41, 5.74) is 4.39. The molecule has 1 aliphatic rings. The maximum atomic E-state index is 13.1. The highest BCUT2D eigenvalue weighted by Crippen LogP contribution is 2.34. The van der Waals surface area contributed by atoms with Gasteiger partial charge >= 0.3 is 6.18 Å². The van der Waals surface area contributed by atoms with Gasteiger partial charge in [-0.3, -0.25) is 9.59 Å². The molecule has 1 atom stereocenters. The van der Waals surface area contributed by atoms with Crippen LogP contribution in [0.25, 0.3) is 0 Å². The monoisotopic (exact) mass is 329 g/mol. The van der Waals surface area contributed by atoms with Gasteiger partial charge in [-0.25, -0.2) is 0 Å². The first-order valence-corrected chi connectivity index (χ1v) is 7.26. The quantitative estimate of drug-likeness (QED) is 0.886. The summed E-state index contributed by atoms with van der Waals surface area (Å²) >= 11 is 0. The van der Waals surface area contributed by atoms with Crippen molar-refractivity contribution in [2.45, 2.75) is 32.0 Å². The minimum atomic E-state index is -4.60. The molecule has 1 heterocycles. The Morgan fingerprint density at radius 2 is 2.09 bits per heavy atom. The molecule has 8 heteroatoms. The molecule has 3 N–H and O–H groups in total. The largest absolute Gasteiger partial charge is 0.416 e. The Kier molecular flexibility index (Phi) is 4.93. The van der Waals surface area contributed by atoms with Crippen LogP contribution in [0.15, 0.2) is 18.2 Å². The Balaban J connectivity index is 2.41. The molecule has 23 heavy (non-hydrogen) atoms. The average molecular weight is 329 g/mol. The SMILES string of the molecule is C[C@@H](CN)NC(=O)c1cc(N2CCCC2=O)cc(C(F)(F)F)c1. The summed E-state index contributed by atoms with van der Waals surface area (Å²) in [6.07, 6.45) is -3.73. The second-order valence-electron chi connectivity index (χ2n) is 5.53. The highest BCUT2D eigenvalue weighted by molar-refractivity contribution is 5.99. The molecule has 5 nitrogen and oxygen atoms in total. The standard InChI is InChI=1S/C15H18F3N3O2/c1-9(8-19)20-14(23)10-5-11(15(16,17)18)7-12(6-10)21-4-2-3-13(21)22/h5-7,9H,2-4,8,19H2,1H3,(H,20,23)/t9-/m0/s1. The molecule has 1 aromatic rings. The summed E-state index contributed by atoms with van der Waals surface area (Å²) in [4.78, 5) is 25.1. The van der Waals surface area contributed by atoms with Crippen LogP contribution >= 0.6 is 0 Å². The smallest absolute Gasteiger partial charge is 0.348 e. The molecule has 0 spiro atoms. The fourth-order valence-corrected chi connectivity index (χ4v) is 2.35. The number of amides is 2. The molecule has 1 aromatic carbocycles. The van der Waals surface area contributed by atoms with Crippen molar-refractivity contribution >= 4 is 17.5 Å². The van der Waals surface area contributed by atoms with Crippen molar-refractivity contribution in [2.75, 3.05) is 18.0 Å². The molecule has 1 fully saturated rings. The van der Waals surface area contributed by atoms with Gasteiger partial charge in [-0.15, -0.1) is 0 Å². The van der Waals surface area contributed by atoms with Crippen LogP contribution in [0, 0.1) is 0 Å². The van der Waals surface area contributed by atoms with E-state index in [-0.39, 0.29) is 29.7 Å². The van der Waals surface area contributed by atoms with E-state index in [1.165, 1.54) is 11.0 Å². The molecule has 1 aliphatic heterocycles. The fourth-order valence-electron chi connectivity index (χ4n) is 2.35. The van der Waals surface area contributed by atoms with Crippen LogP contribution < -0.4 is 16.0 Å². The number of nitrogens with one attached hydrogen (secondary N) is 1. The number of halogens is 3. The first-order chi connectivity index (χ1) is 10.7. The zero-order valence-corrected chi connectivity index (χ0v) is 12.6. The van der Waals surface area contributed by atoms with Gasteiger partial charge < -0.3 is 16.0 Å². The third-order valence-corrected chi connectivity index (χ3v) is 3.62. The van der Waals surface area contributed by atoms with Crippen molar-refractivity contribution in [1.29, 1.82) is 0 Å². The van der Waals surface area contributed by atoms with Gasteiger partial charge in [0.05, 0.1) is 5.56 Å². The van der Waals surface area contributed by atoms with Crippen LogP contribution in [-0.2, 0) is 11.0 Å². The lowest BCUT2D eigenvalue weighted by Crippen LogP contribution is -2.38. The highest BCUT2D eigenvalue weighted by Gasteiger charge is 2.33. The molecule has 0 aromatic heterocycles. The van der Waals surface area contributed by atoms with Crippen molar-refractivity contribution in [2.24, 2.45) is 5.73 Å². The molecule has 0 unspecified atom stereocenters. The number of hydrogen-bond donors (Lipinski definition) is 2. The first-order valence-electron chi connectivity index (χ1n) is 7.26. The van der Waals surface area contributed by atoms with E-state index in [4.69, 9.17) is 5.73 Å². The first kappa shape index (κ1) is 17.3. The van der Waals surface area contributed by atoms with Crippen molar-refractivity contribution in [3.8, 4) is 0 Å². The van der Waals surface area contributed by atoms with E-state index in [0.29, 0.717) is 19.4 Å². The molecule has 1 saturated heterocycles. The van der Waals surface area contributed by atoms with E-state index < -0.39 is 17.6 Å². The van der Waals surface area contributed by atoms with E-state index in [2.05, 4.69) is 5.32 Å². The Labute approximate surface area is 131 Å². The maximum Gasteiger partial charge on any atom is 0.416 e. The fraction of sp³-hybridized carbons (Fsp3) is 0.467. The van der Waals surface area contributed by atoms with Crippen molar-refractivity contribution in [3.63, 3.8) is 0 Å². The van der Waals surface area contributed by atoms with Crippen molar-refractivity contribution in [1.82, 2.24) is 5.32 Å². The molecular weight excluding hydrogens is 311 g/mol. The maximum absolute atomic E-state index is 13.1. The summed E-state index contributed by atoms with van der Waals surface area (Å²) in [5.74, 6) is -0.895. The summed E-state index contributed by atoms with van der Waals surface area (Å²) in [5, 5.41) is 2.52. The topological polar surface area (TPSA) is 75.4 Å². The summed E-state index contributed by atoms with van der Waals surface area (Å²) in [6, 6.07) is 2.61. The average Bonchev–Trinajstić information content (AvgIpc) is 2.91. The summed E-state index contributed by atoms with van der Waals surface area (Å²) in [6.45, 7) is 2.17. The number of anilines is 1. The van der Waals surface area contributed by atoms with Gasteiger partial charge in [0.2, 0.25) is 5.91 Å². The second-order valence-corrected chi connectivity index (χ2v) is 5.53. The Morgan fingerprint density at radius 3 is 2.61 bits per heavy atom. The van der Waals surface area contributed by atoms with Gasteiger partial charge in [0.25, 0.3) is 5.91 Å². The number of nitrogens with two attached hydrogens (primary N) is 1. The Hall–Kier alpha value is -2.09. The summed E-state index contributed by atoms with van der Waals surface area (Å²) < 4.78 is 39.2. The van der Waals surface area contributed by atoms with Crippen molar-refractivity contribution in [3.05, 3.63) is 29.3 Å². The number of benzene rings is 1. The van der Waals surface area contributed by atoms with Gasteiger partial charge in [-0.2, -0.15) is 13.2 Å². The lowest BCUT2D eigenvalue weighted by Gasteiger charge is -2.20. The number of alkyl halides is 3. The Morgan fingerprint density at radius 1 is 1.39 bits per heavy atom. The molecule has 0 bridgehead atoms.